The standard InChI is InChI=1S/C57H42N2/c1-57(2)53-35-43(28-29-49(53)52-33-41-20-9-10-21-42(41)34-54(52)57)40-22-15-23-44(32-40)46-30-31-51(48-26-13-12-25-47(46)48)56(59-37-38-16-5-3-6-17-38)36-55(58)50-27-14-11-24-45(50)39-18-7-4-8-19-39/h3-37,58H,1-2H3/b56-36-,58-55?,59-37?. The SMILES string of the molecule is CC1(C)c2cc(-c3cccc(-c4ccc(/C(=C/C(=N)c5ccccc5-c5ccccc5)N=Cc5ccccc5)c5ccccc45)c3)ccc2-c2cc3ccccc3cc21. The van der Waals surface area contributed by atoms with Crippen molar-refractivity contribution in [3.63, 3.8) is 0 Å². The molecule has 1 aliphatic carbocycles. The fourth-order valence-electron chi connectivity index (χ4n) is 8.91. The Bertz CT molecular complexity index is 3130. The zero-order valence-electron chi connectivity index (χ0n) is 33.2. The van der Waals surface area contributed by atoms with E-state index in [1.165, 1.54) is 44.2 Å². The van der Waals surface area contributed by atoms with Crippen molar-refractivity contribution < 1.29 is 0 Å². The lowest BCUT2D eigenvalue weighted by molar-refractivity contribution is 0.661. The normalized spacial score (nSPS) is 13.2. The molecule has 0 spiro atoms. The van der Waals surface area contributed by atoms with Gasteiger partial charge < -0.3 is 5.41 Å². The minimum atomic E-state index is -0.109. The first-order valence-corrected chi connectivity index (χ1v) is 20.3. The van der Waals surface area contributed by atoms with Gasteiger partial charge in [-0.05, 0) is 113 Å². The monoisotopic (exact) mass is 754 g/mol. The molecule has 59 heavy (non-hydrogen) atoms. The molecule has 0 radical (unpaired) electrons. The maximum Gasteiger partial charge on any atom is 0.0729 e. The van der Waals surface area contributed by atoms with Gasteiger partial charge in [-0.25, -0.2) is 0 Å². The van der Waals surface area contributed by atoms with E-state index < -0.39 is 0 Å². The first kappa shape index (κ1) is 36.0. The molecule has 9 aromatic carbocycles. The van der Waals surface area contributed by atoms with E-state index in [0.29, 0.717) is 5.71 Å². The van der Waals surface area contributed by atoms with Crippen LogP contribution in [0.3, 0.4) is 0 Å². The summed E-state index contributed by atoms with van der Waals surface area (Å²) in [7, 11) is 0. The quantitative estimate of drug-likeness (QED) is 0.150. The second kappa shape index (κ2) is 14.8. The van der Waals surface area contributed by atoms with E-state index in [9.17, 15) is 5.41 Å². The highest BCUT2D eigenvalue weighted by atomic mass is 14.7. The maximum absolute atomic E-state index is 9.46. The van der Waals surface area contributed by atoms with Crippen molar-refractivity contribution in [3.05, 3.63) is 234 Å². The molecular weight excluding hydrogens is 713 g/mol. The highest BCUT2D eigenvalue weighted by Gasteiger charge is 2.36. The topological polar surface area (TPSA) is 36.2 Å². The first-order valence-electron chi connectivity index (χ1n) is 20.3. The average Bonchev–Trinajstić information content (AvgIpc) is 3.51. The summed E-state index contributed by atoms with van der Waals surface area (Å²) in [6, 6.07) is 70.9. The predicted molar refractivity (Wildman–Crippen MR) is 251 cm³/mol. The minimum absolute atomic E-state index is 0.109. The van der Waals surface area contributed by atoms with Crippen LogP contribution in [-0.4, -0.2) is 11.9 Å². The van der Waals surface area contributed by atoms with Gasteiger partial charge >= 0.3 is 0 Å². The molecule has 0 unspecified atom stereocenters. The molecule has 0 saturated heterocycles. The lowest BCUT2D eigenvalue weighted by atomic mass is 9.81. The molecule has 0 heterocycles. The largest absolute Gasteiger partial charge is 0.300 e. The molecule has 0 saturated carbocycles. The molecule has 280 valence electrons. The summed E-state index contributed by atoms with van der Waals surface area (Å²) in [6.07, 6.45) is 3.81. The van der Waals surface area contributed by atoms with Gasteiger partial charge in [0.25, 0.3) is 0 Å². The fourth-order valence-corrected chi connectivity index (χ4v) is 8.91. The number of hydrogen-bond acceptors (Lipinski definition) is 2. The number of benzene rings is 9. The van der Waals surface area contributed by atoms with E-state index in [1.807, 2.05) is 79.0 Å². The van der Waals surface area contributed by atoms with Gasteiger partial charge in [0.05, 0.1) is 11.4 Å². The Hall–Kier alpha value is -7.42. The zero-order chi connectivity index (χ0) is 39.9. The lowest BCUT2D eigenvalue weighted by Crippen LogP contribution is -2.15. The van der Waals surface area contributed by atoms with Crippen LogP contribution in [0.25, 0.3) is 71.7 Å². The second-order valence-corrected chi connectivity index (χ2v) is 15.9. The predicted octanol–water partition coefficient (Wildman–Crippen LogP) is 14.8. The Balaban J connectivity index is 1.05. The van der Waals surface area contributed by atoms with Gasteiger partial charge in [-0.2, -0.15) is 0 Å². The van der Waals surface area contributed by atoms with Gasteiger partial charge in [0.15, 0.2) is 0 Å². The molecule has 0 fully saturated rings. The van der Waals surface area contributed by atoms with Crippen LogP contribution >= 0.6 is 0 Å². The van der Waals surface area contributed by atoms with Crippen molar-refractivity contribution in [2.24, 2.45) is 4.99 Å². The van der Waals surface area contributed by atoms with Crippen LogP contribution in [-0.2, 0) is 5.41 Å². The summed E-state index contributed by atoms with van der Waals surface area (Å²) < 4.78 is 0. The molecule has 2 heteroatoms. The molecule has 10 rings (SSSR count). The van der Waals surface area contributed by atoms with Crippen molar-refractivity contribution in [1.29, 1.82) is 5.41 Å². The van der Waals surface area contributed by atoms with Crippen molar-refractivity contribution in [3.8, 4) is 44.5 Å². The summed E-state index contributed by atoms with van der Waals surface area (Å²) in [4.78, 5) is 5.10. The molecule has 2 nitrogen and oxygen atoms in total. The van der Waals surface area contributed by atoms with Crippen molar-refractivity contribution in [2.75, 3.05) is 0 Å². The first-order chi connectivity index (χ1) is 28.9. The summed E-state index contributed by atoms with van der Waals surface area (Å²) in [6.45, 7) is 4.72. The van der Waals surface area contributed by atoms with Gasteiger partial charge in [0, 0.05) is 22.8 Å². The average molecular weight is 755 g/mol. The van der Waals surface area contributed by atoms with Gasteiger partial charge in [-0.3, -0.25) is 4.99 Å². The smallest absolute Gasteiger partial charge is 0.0729 e. The number of rotatable bonds is 8. The summed E-state index contributed by atoms with van der Waals surface area (Å²) in [5.41, 5.74) is 16.1. The third kappa shape index (κ3) is 6.59. The molecule has 0 bridgehead atoms. The van der Waals surface area contributed by atoms with Crippen LogP contribution in [0.2, 0.25) is 0 Å². The molecule has 0 aliphatic heterocycles. The van der Waals surface area contributed by atoms with Gasteiger partial charge in [0.2, 0.25) is 0 Å². The van der Waals surface area contributed by atoms with Crippen LogP contribution < -0.4 is 0 Å². The molecule has 9 aromatic rings. The Morgan fingerprint density at radius 2 is 1.05 bits per heavy atom. The van der Waals surface area contributed by atoms with Crippen LogP contribution in [0.15, 0.2) is 211 Å². The number of aliphatic imine (C=N–C) groups is 1. The fraction of sp³-hybridized carbons (Fsp3) is 0.0526. The highest BCUT2D eigenvalue weighted by molar-refractivity contribution is 6.16. The summed E-state index contributed by atoms with van der Waals surface area (Å²) in [5, 5.41) is 14.3. The number of fused-ring (bicyclic) bond motifs is 5. The third-order valence-electron chi connectivity index (χ3n) is 12.0. The van der Waals surface area contributed by atoms with Crippen LogP contribution in [0.5, 0.6) is 0 Å². The van der Waals surface area contributed by atoms with Crippen molar-refractivity contribution in [1.82, 2.24) is 0 Å². The second-order valence-electron chi connectivity index (χ2n) is 15.9. The van der Waals surface area contributed by atoms with Gasteiger partial charge in [0.1, 0.15) is 0 Å². The number of allylic oxidation sites excluding steroid dienone is 1. The lowest BCUT2D eigenvalue weighted by Gasteiger charge is -2.22. The number of nitrogens with one attached hydrogen (secondary N) is 1. The summed E-state index contributed by atoms with van der Waals surface area (Å²) >= 11 is 0. The molecular formula is C57H42N2. The van der Waals surface area contributed by atoms with Gasteiger partial charge in [-0.15, -0.1) is 0 Å². The Morgan fingerprint density at radius 3 is 1.86 bits per heavy atom. The molecule has 0 amide bonds. The third-order valence-corrected chi connectivity index (χ3v) is 12.0. The van der Waals surface area contributed by atoms with E-state index in [0.717, 1.165) is 55.4 Å². The Labute approximate surface area is 346 Å². The van der Waals surface area contributed by atoms with E-state index in [4.69, 9.17) is 4.99 Å². The number of hydrogen-bond donors (Lipinski definition) is 1. The van der Waals surface area contributed by atoms with Gasteiger partial charge in [-0.1, -0.05) is 190 Å². The van der Waals surface area contributed by atoms with E-state index >= 15 is 0 Å². The zero-order valence-corrected chi connectivity index (χ0v) is 33.2. The number of nitrogens with zero attached hydrogens (tertiary/aromatic N) is 1. The molecule has 0 aromatic heterocycles. The minimum Gasteiger partial charge on any atom is -0.300 e. The van der Waals surface area contributed by atoms with E-state index in [1.54, 1.807) is 0 Å². The molecule has 1 N–H and O–H groups in total. The van der Waals surface area contributed by atoms with Crippen LogP contribution in [0, 0.1) is 5.41 Å². The Morgan fingerprint density at radius 1 is 0.441 bits per heavy atom. The highest BCUT2D eigenvalue weighted by Crippen LogP contribution is 2.51. The van der Waals surface area contributed by atoms with Crippen LogP contribution in [0.4, 0.5) is 0 Å². The molecule has 0 atom stereocenters. The van der Waals surface area contributed by atoms with Crippen molar-refractivity contribution in [2.45, 2.75) is 19.3 Å². The van der Waals surface area contributed by atoms with Crippen molar-refractivity contribution >= 4 is 39.2 Å². The summed E-state index contributed by atoms with van der Waals surface area (Å²) in [5.74, 6) is 0. The Kier molecular flexibility index (Phi) is 9.03. The van der Waals surface area contributed by atoms with E-state index in [-0.39, 0.29) is 5.41 Å². The molecule has 1 aliphatic rings. The van der Waals surface area contributed by atoms with Crippen LogP contribution in [0.1, 0.15) is 41.7 Å². The van der Waals surface area contributed by atoms with E-state index in [2.05, 4.69) is 147 Å². The maximum atomic E-state index is 9.46.